The van der Waals surface area contributed by atoms with Gasteiger partial charge in [0.2, 0.25) is 0 Å². The van der Waals surface area contributed by atoms with Crippen LogP contribution in [0, 0.1) is 20.8 Å². The van der Waals surface area contributed by atoms with E-state index in [1.807, 2.05) is 0 Å². The smallest absolute Gasteiger partial charge is 0.303 e. The fourth-order valence-electron chi connectivity index (χ4n) is 2.77. The molecule has 2 rings (SSSR count). The van der Waals surface area contributed by atoms with Gasteiger partial charge in [-0.1, -0.05) is 12.1 Å². The van der Waals surface area contributed by atoms with E-state index in [1.54, 1.807) is 0 Å². The lowest BCUT2D eigenvalue weighted by molar-refractivity contribution is -0.137. The van der Waals surface area contributed by atoms with Crippen LogP contribution in [0.5, 0.6) is 0 Å². The summed E-state index contributed by atoms with van der Waals surface area (Å²) in [6.07, 6.45) is 1.76. The average Bonchev–Trinajstić information content (AvgIpc) is 2.59. The summed E-state index contributed by atoms with van der Waals surface area (Å²) in [5.74, 6) is -0.718. The van der Waals surface area contributed by atoms with Crippen LogP contribution in [0.15, 0.2) is 12.1 Å². The molecule has 0 amide bonds. The quantitative estimate of drug-likeness (QED) is 0.913. The van der Waals surface area contributed by atoms with Gasteiger partial charge in [0.05, 0.1) is 5.52 Å². The largest absolute Gasteiger partial charge is 0.481 e. The third-order valence-corrected chi connectivity index (χ3v) is 4.12. The molecular formula is C16H21NO2. The maximum atomic E-state index is 10.6. The molecule has 0 unspecified atom stereocenters. The summed E-state index contributed by atoms with van der Waals surface area (Å²) in [7, 11) is 2.09. The summed E-state index contributed by atoms with van der Waals surface area (Å²) >= 11 is 0. The molecule has 1 aromatic heterocycles. The summed E-state index contributed by atoms with van der Waals surface area (Å²) in [6, 6.07) is 4.32. The van der Waals surface area contributed by atoms with Gasteiger partial charge in [-0.05, 0) is 50.3 Å². The predicted octanol–water partition coefficient (Wildman–Crippen LogP) is 3.51. The van der Waals surface area contributed by atoms with Crippen molar-refractivity contribution in [3.63, 3.8) is 0 Å². The molecule has 0 saturated heterocycles. The second-order valence-electron chi connectivity index (χ2n) is 5.27. The second kappa shape index (κ2) is 5.08. The van der Waals surface area contributed by atoms with Crippen LogP contribution in [-0.2, 0) is 18.3 Å². The Labute approximate surface area is 113 Å². The van der Waals surface area contributed by atoms with E-state index in [2.05, 4.69) is 44.5 Å². The van der Waals surface area contributed by atoms with Gasteiger partial charge < -0.3 is 9.67 Å². The molecular weight excluding hydrogens is 238 g/mol. The number of carbonyl (C=O) groups is 1. The summed E-state index contributed by atoms with van der Waals surface area (Å²) in [4.78, 5) is 10.6. The van der Waals surface area contributed by atoms with Crippen LogP contribution in [0.4, 0.5) is 0 Å². The van der Waals surface area contributed by atoms with Crippen molar-refractivity contribution in [2.24, 2.45) is 7.05 Å². The summed E-state index contributed by atoms with van der Waals surface area (Å²) < 4.78 is 2.23. The highest BCUT2D eigenvalue weighted by Crippen LogP contribution is 2.30. The summed E-state index contributed by atoms with van der Waals surface area (Å²) in [5.41, 5.74) is 6.43. The van der Waals surface area contributed by atoms with Gasteiger partial charge in [-0.15, -0.1) is 0 Å². The van der Waals surface area contributed by atoms with Gasteiger partial charge in [-0.2, -0.15) is 0 Å². The summed E-state index contributed by atoms with van der Waals surface area (Å²) in [6.45, 7) is 6.39. The van der Waals surface area contributed by atoms with Crippen LogP contribution in [0.3, 0.4) is 0 Å². The van der Waals surface area contributed by atoms with E-state index in [0.717, 1.165) is 6.42 Å². The average molecular weight is 259 g/mol. The Bertz CT molecular complexity index is 638. The van der Waals surface area contributed by atoms with E-state index in [0.29, 0.717) is 6.42 Å². The number of rotatable bonds is 4. The summed E-state index contributed by atoms with van der Waals surface area (Å²) in [5, 5.41) is 10.0. The van der Waals surface area contributed by atoms with Gasteiger partial charge in [0, 0.05) is 24.5 Å². The number of aliphatic carboxylic acids is 1. The molecule has 19 heavy (non-hydrogen) atoms. The van der Waals surface area contributed by atoms with Crippen molar-refractivity contribution in [3.05, 3.63) is 34.5 Å². The van der Waals surface area contributed by atoms with Crippen LogP contribution in [-0.4, -0.2) is 15.6 Å². The maximum Gasteiger partial charge on any atom is 0.303 e. The minimum atomic E-state index is -0.718. The highest BCUT2D eigenvalue weighted by molar-refractivity contribution is 5.89. The molecule has 1 aromatic carbocycles. The molecule has 0 aliphatic heterocycles. The molecule has 0 aliphatic rings. The first-order valence-corrected chi connectivity index (χ1v) is 6.69. The van der Waals surface area contributed by atoms with Gasteiger partial charge in [-0.3, -0.25) is 4.79 Å². The van der Waals surface area contributed by atoms with Crippen molar-refractivity contribution in [2.75, 3.05) is 0 Å². The van der Waals surface area contributed by atoms with Crippen molar-refractivity contribution in [1.82, 2.24) is 4.57 Å². The fraction of sp³-hybridized carbons (Fsp3) is 0.438. The number of nitrogens with zero attached hydrogens (tertiary/aromatic N) is 1. The van der Waals surface area contributed by atoms with Gasteiger partial charge in [0.25, 0.3) is 0 Å². The van der Waals surface area contributed by atoms with E-state index >= 15 is 0 Å². The van der Waals surface area contributed by atoms with Crippen molar-refractivity contribution < 1.29 is 9.90 Å². The van der Waals surface area contributed by atoms with Crippen LogP contribution in [0.2, 0.25) is 0 Å². The number of hydrogen-bond donors (Lipinski definition) is 1. The number of hydrogen-bond acceptors (Lipinski definition) is 1. The molecule has 0 saturated carbocycles. The molecule has 0 fully saturated rings. The van der Waals surface area contributed by atoms with Crippen LogP contribution in [0.25, 0.3) is 10.9 Å². The monoisotopic (exact) mass is 259 g/mol. The Morgan fingerprint density at radius 3 is 2.58 bits per heavy atom. The van der Waals surface area contributed by atoms with Crippen LogP contribution >= 0.6 is 0 Å². The van der Waals surface area contributed by atoms with Crippen molar-refractivity contribution in [2.45, 2.75) is 40.0 Å². The van der Waals surface area contributed by atoms with Crippen LogP contribution < -0.4 is 0 Å². The van der Waals surface area contributed by atoms with Crippen molar-refractivity contribution >= 4 is 16.9 Å². The topological polar surface area (TPSA) is 42.2 Å². The second-order valence-corrected chi connectivity index (χ2v) is 5.27. The number of carboxylic acid groups (broad SMARTS) is 1. The zero-order valence-electron chi connectivity index (χ0n) is 12.1. The molecule has 102 valence electrons. The normalized spacial score (nSPS) is 11.2. The van der Waals surface area contributed by atoms with Gasteiger partial charge >= 0.3 is 5.97 Å². The first kappa shape index (κ1) is 13.7. The Morgan fingerprint density at radius 2 is 1.95 bits per heavy atom. The molecule has 0 bridgehead atoms. The highest BCUT2D eigenvalue weighted by atomic mass is 16.4. The molecule has 0 aliphatic carbocycles. The zero-order valence-corrected chi connectivity index (χ0v) is 12.1. The third-order valence-electron chi connectivity index (χ3n) is 4.12. The van der Waals surface area contributed by atoms with E-state index in [1.165, 1.54) is 33.3 Å². The molecule has 0 atom stereocenters. The van der Waals surface area contributed by atoms with Crippen LogP contribution in [0.1, 0.15) is 35.2 Å². The SMILES string of the molecule is Cc1ccc2c(CCCC(=O)O)c(C)n(C)c2c1C. The number of fused-ring (bicyclic) bond motifs is 1. The Hall–Kier alpha value is -1.77. The lowest BCUT2D eigenvalue weighted by Crippen LogP contribution is -1.97. The standard InChI is InChI=1S/C16H21NO2/c1-10-8-9-14-13(6-5-7-15(18)19)12(3)17(4)16(14)11(10)2/h8-9H,5-7H2,1-4H3,(H,18,19). The number of benzene rings is 1. The highest BCUT2D eigenvalue weighted by Gasteiger charge is 2.14. The minimum Gasteiger partial charge on any atom is -0.481 e. The molecule has 1 N–H and O–H groups in total. The molecule has 0 radical (unpaired) electrons. The van der Waals surface area contributed by atoms with E-state index in [-0.39, 0.29) is 6.42 Å². The van der Waals surface area contributed by atoms with E-state index in [4.69, 9.17) is 5.11 Å². The fourth-order valence-corrected chi connectivity index (χ4v) is 2.77. The zero-order chi connectivity index (χ0) is 14.2. The molecule has 3 nitrogen and oxygen atoms in total. The predicted molar refractivity (Wildman–Crippen MR) is 77.7 cm³/mol. The van der Waals surface area contributed by atoms with Gasteiger partial charge in [-0.25, -0.2) is 0 Å². The molecule has 3 heteroatoms. The molecule has 0 spiro atoms. The third kappa shape index (κ3) is 2.37. The number of aryl methyl sites for hydroxylation is 4. The van der Waals surface area contributed by atoms with E-state index < -0.39 is 5.97 Å². The molecule has 1 heterocycles. The maximum absolute atomic E-state index is 10.6. The number of aromatic nitrogens is 1. The number of carboxylic acids is 1. The Kier molecular flexibility index (Phi) is 3.65. The van der Waals surface area contributed by atoms with E-state index in [9.17, 15) is 4.79 Å². The minimum absolute atomic E-state index is 0.237. The molecule has 2 aromatic rings. The Morgan fingerprint density at radius 1 is 1.26 bits per heavy atom. The lowest BCUT2D eigenvalue weighted by atomic mass is 10.0. The first-order valence-electron chi connectivity index (χ1n) is 6.69. The van der Waals surface area contributed by atoms with Crippen molar-refractivity contribution in [1.29, 1.82) is 0 Å². The van der Waals surface area contributed by atoms with Crippen molar-refractivity contribution in [3.8, 4) is 0 Å². The Balaban J connectivity index is 2.47. The van der Waals surface area contributed by atoms with Gasteiger partial charge in [0.1, 0.15) is 0 Å². The lowest BCUT2D eigenvalue weighted by Gasteiger charge is -2.05. The van der Waals surface area contributed by atoms with Gasteiger partial charge in [0.15, 0.2) is 0 Å². The first-order chi connectivity index (χ1) is 8.93.